The molecule has 1 aromatic carbocycles. The number of primary amides is 1. The summed E-state index contributed by atoms with van der Waals surface area (Å²) in [6, 6.07) is 5.59. The van der Waals surface area contributed by atoms with Gasteiger partial charge in [0.15, 0.2) is 0 Å². The highest BCUT2D eigenvalue weighted by Gasteiger charge is 2.32. The van der Waals surface area contributed by atoms with E-state index in [0.29, 0.717) is 6.42 Å². The van der Waals surface area contributed by atoms with Crippen LogP contribution in [0.25, 0.3) is 0 Å². The van der Waals surface area contributed by atoms with Gasteiger partial charge in [-0.05, 0) is 11.5 Å². The molecule has 0 fully saturated rings. The smallest absolute Gasteiger partial charge is 0.305 e. The SMILES string of the molecule is CCC(C)C(NC(=O)C(CC(=O)O)NC(C)=O)C(=O)NC(Cc1ccccc1)C(N)=O. The third-order valence-corrected chi connectivity index (χ3v) is 4.81. The van der Waals surface area contributed by atoms with Gasteiger partial charge in [0, 0.05) is 13.3 Å². The van der Waals surface area contributed by atoms with E-state index in [9.17, 15) is 24.0 Å². The molecule has 1 aromatic rings. The maximum atomic E-state index is 12.9. The number of amides is 4. The maximum absolute atomic E-state index is 12.9. The summed E-state index contributed by atoms with van der Waals surface area (Å²) in [6.07, 6.45) is 0.0524. The highest BCUT2D eigenvalue weighted by atomic mass is 16.4. The van der Waals surface area contributed by atoms with Crippen LogP contribution in [0.4, 0.5) is 0 Å². The summed E-state index contributed by atoms with van der Waals surface area (Å²) in [5, 5.41) is 16.3. The van der Waals surface area contributed by atoms with Crippen molar-refractivity contribution in [2.24, 2.45) is 11.7 Å². The van der Waals surface area contributed by atoms with Gasteiger partial charge in [-0.2, -0.15) is 0 Å². The Morgan fingerprint density at radius 2 is 1.58 bits per heavy atom. The molecule has 0 heterocycles. The van der Waals surface area contributed by atoms with E-state index in [4.69, 9.17) is 10.8 Å². The van der Waals surface area contributed by atoms with Gasteiger partial charge in [0.1, 0.15) is 18.1 Å². The average molecular weight is 434 g/mol. The normalized spacial score (nSPS) is 14.4. The van der Waals surface area contributed by atoms with Gasteiger partial charge in [-0.25, -0.2) is 0 Å². The third kappa shape index (κ3) is 8.85. The fourth-order valence-corrected chi connectivity index (χ4v) is 2.92. The number of hydrogen-bond donors (Lipinski definition) is 5. The second kappa shape index (κ2) is 12.3. The fraction of sp³-hybridized carbons (Fsp3) is 0.476. The van der Waals surface area contributed by atoms with Crippen molar-refractivity contribution >= 4 is 29.6 Å². The quantitative estimate of drug-likeness (QED) is 0.303. The highest BCUT2D eigenvalue weighted by molar-refractivity contribution is 5.95. The summed E-state index contributed by atoms with van der Waals surface area (Å²) in [6.45, 7) is 4.70. The number of rotatable bonds is 12. The van der Waals surface area contributed by atoms with Gasteiger partial charge in [0.25, 0.3) is 0 Å². The van der Waals surface area contributed by atoms with E-state index in [-0.39, 0.29) is 12.3 Å². The Labute approximate surface area is 180 Å². The monoisotopic (exact) mass is 434 g/mol. The number of carbonyl (C=O) groups excluding carboxylic acids is 4. The van der Waals surface area contributed by atoms with Crippen molar-refractivity contribution in [1.82, 2.24) is 16.0 Å². The Hall–Kier alpha value is -3.43. The molecule has 4 atom stereocenters. The van der Waals surface area contributed by atoms with Gasteiger partial charge in [0.2, 0.25) is 23.6 Å². The molecule has 0 saturated heterocycles. The Kier molecular flexibility index (Phi) is 10.2. The molecule has 1 rings (SSSR count). The molecule has 31 heavy (non-hydrogen) atoms. The second-order valence-corrected chi connectivity index (χ2v) is 7.38. The molecular formula is C21H30N4O6. The first-order valence-electron chi connectivity index (χ1n) is 9.98. The maximum Gasteiger partial charge on any atom is 0.305 e. The summed E-state index contributed by atoms with van der Waals surface area (Å²) >= 11 is 0. The van der Waals surface area contributed by atoms with Gasteiger partial charge in [-0.15, -0.1) is 0 Å². The molecule has 0 aliphatic carbocycles. The lowest BCUT2D eigenvalue weighted by molar-refractivity contribution is -0.141. The molecule has 0 aromatic heterocycles. The number of carboxylic acids is 1. The third-order valence-electron chi connectivity index (χ3n) is 4.81. The molecule has 0 radical (unpaired) electrons. The Bertz CT molecular complexity index is 782. The highest BCUT2D eigenvalue weighted by Crippen LogP contribution is 2.10. The number of nitrogens with one attached hydrogen (secondary N) is 3. The van der Waals surface area contributed by atoms with E-state index >= 15 is 0 Å². The second-order valence-electron chi connectivity index (χ2n) is 7.38. The topological polar surface area (TPSA) is 168 Å². The molecule has 10 nitrogen and oxygen atoms in total. The van der Waals surface area contributed by atoms with E-state index in [1.807, 2.05) is 13.0 Å². The zero-order chi connectivity index (χ0) is 23.6. The number of benzene rings is 1. The van der Waals surface area contributed by atoms with E-state index in [1.165, 1.54) is 0 Å². The first-order valence-corrected chi connectivity index (χ1v) is 9.98. The molecule has 0 saturated carbocycles. The van der Waals surface area contributed by atoms with E-state index in [0.717, 1.165) is 12.5 Å². The number of carboxylic acid groups (broad SMARTS) is 1. The first kappa shape index (κ1) is 25.6. The van der Waals surface area contributed by atoms with Crippen LogP contribution in [0.2, 0.25) is 0 Å². The molecule has 4 unspecified atom stereocenters. The van der Waals surface area contributed by atoms with E-state index in [1.54, 1.807) is 31.2 Å². The molecular weight excluding hydrogens is 404 g/mol. The average Bonchev–Trinajstić information content (AvgIpc) is 2.70. The van der Waals surface area contributed by atoms with Crippen molar-refractivity contribution in [3.8, 4) is 0 Å². The van der Waals surface area contributed by atoms with Crippen LogP contribution in [-0.2, 0) is 30.4 Å². The zero-order valence-electron chi connectivity index (χ0n) is 17.9. The number of hydrogen-bond acceptors (Lipinski definition) is 5. The molecule has 0 aliphatic rings. The molecule has 0 aliphatic heterocycles. The largest absolute Gasteiger partial charge is 0.481 e. The minimum atomic E-state index is -1.34. The minimum Gasteiger partial charge on any atom is -0.481 e. The number of nitrogens with two attached hydrogens (primary N) is 1. The lowest BCUT2D eigenvalue weighted by Crippen LogP contribution is -2.58. The van der Waals surface area contributed by atoms with E-state index in [2.05, 4.69) is 16.0 Å². The lowest BCUT2D eigenvalue weighted by Gasteiger charge is -2.27. The van der Waals surface area contributed by atoms with Gasteiger partial charge >= 0.3 is 5.97 Å². The lowest BCUT2D eigenvalue weighted by atomic mass is 9.96. The van der Waals surface area contributed by atoms with E-state index < -0.39 is 54.1 Å². The first-order chi connectivity index (χ1) is 14.5. The number of aliphatic carboxylic acids is 1. The molecule has 0 bridgehead atoms. The van der Waals surface area contributed by atoms with Crippen LogP contribution in [0.5, 0.6) is 0 Å². The van der Waals surface area contributed by atoms with Crippen molar-refractivity contribution in [3.63, 3.8) is 0 Å². The summed E-state index contributed by atoms with van der Waals surface area (Å²) in [7, 11) is 0. The summed E-state index contributed by atoms with van der Waals surface area (Å²) in [4.78, 5) is 59.8. The van der Waals surface area contributed by atoms with Gasteiger partial charge < -0.3 is 26.8 Å². The van der Waals surface area contributed by atoms with Crippen LogP contribution in [0, 0.1) is 5.92 Å². The molecule has 4 amide bonds. The molecule has 0 spiro atoms. The Balaban J connectivity index is 2.98. The van der Waals surface area contributed by atoms with Crippen molar-refractivity contribution in [3.05, 3.63) is 35.9 Å². The summed E-state index contributed by atoms with van der Waals surface area (Å²) in [5.41, 5.74) is 6.24. The zero-order valence-corrected chi connectivity index (χ0v) is 17.9. The van der Waals surface area contributed by atoms with Gasteiger partial charge in [-0.3, -0.25) is 24.0 Å². The summed E-state index contributed by atoms with van der Waals surface area (Å²) in [5.74, 6) is -4.36. The summed E-state index contributed by atoms with van der Waals surface area (Å²) < 4.78 is 0. The molecule has 10 heteroatoms. The standard InChI is InChI=1S/C21H30N4O6/c1-4-12(2)18(25-20(30)16(11-17(27)28)23-13(3)26)21(31)24-15(19(22)29)10-14-8-6-5-7-9-14/h5-9,12,15-16,18H,4,10-11H2,1-3H3,(H2,22,29)(H,23,26)(H,24,31)(H,25,30)(H,27,28). The van der Waals surface area contributed by atoms with Crippen molar-refractivity contribution in [2.45, 2.75) is 58.2 Å². The van der Waals surface area contributed by atoms with Crippen LogP contribution in [0.3, 0.4) is 0 Å². The fourth-order valence-electron chi connectivity index (χ4n) is 2.92. The predicted molar refractivity (Wildman–Crippen MR) is 113 cm³/mol. The van der Waals surface area contributed by atoms with Crippen LogP contribution < -0.4 is 21.7 Å². The van der Waals surface area contributed by atoms with Crippen LogP contribution >= 0.6 is 0 Å². The Morgan fingerprint density at radius 1 is 0.968 bits per heavy atom. The Morgan fingerprint density at radius 3 is 2.06 bits per heavy atom. The van der Waals surface area contributed by atoms with Gasteiger partial charge in [0.05, 0.1) is 6.42 Å². The van der Waals surface area contributed by atoms with Crippen LogP contribution in [0.1, 0.15) is 39.2 Å². The van der Waals surface area contributed by atoms with Crippen molar-refractivity contribution in [2.75, 3.05) is 0 Å². The van der Waals surface area contributed by atoms with Crippen LogP contribution in [0.15, 0.2) is 30.3 Å². The van der Waals surface area contributed by atoms with Crippen molar-refractivity contribution < 1.29 is 29.1 Å². The number of carbonyl (C=O) groups is 5. The molecule has 6 N–H and O–H groups in total. The molecule has 170 valence electrons. The van der Waals surface area contributed by atoms with Crippen molar-refractivity contribution in [1.29, 1.82) is 0 Å². The van der Waals surface area contributed by atoms with Gasteiger partial charge in [-0.1, -0.05) is 50.6 Å². The predicted octanol–water partition coefficient (Wildman–Crippen LogP) is -0.290. The van der Waals surface area contributed by atoms with Crippen LogP contribution in [-0.4, -0.2) is 52.8 Å². The minimum absolute atomic E-state index is 0.177.